The Bertz CT molecular complexity index is 2520. The second-order valence-corrected chi connectivity index (χ2v) is 13.1. The van der Waals surface area contributed by atoms with Gasteiger partial charge in [0, 0.05) is 48.5 Å². The number of carbonyl (C=O) groups is 3. The highest BCUT2D eigenvalue weighted by Gasteiger charge is 2.40. The van der Waals surface area contributed by atoms with Gasteiger partial charge in [-0.3, -0.25) is 19.6 Å². The number of amides is 1. The van der Waals surface area contributed by atoms with E-state index in [0.29, 0.717) is 38.0 Å². The average molecular weight is 800 g/mol. The molecule has 0 fully saturated rings. The number of tetrazole rings is 1. The fourth-order valence-corrected chi connectivity index (χ4v) is 6.54. The molecule has 7 N–H and O–H groups in total. The first-order chi connectivity index (χ1) is 26.4. The molecule has 0 aliphatic rings. The molecule has 2 unspecified atom stereocenters. The van der Waals surface area contributed by atoms with Crippen LogP contribution in [0.25, 0.3) is 11.4 Å². The van der Waals surface area contributed by atoms with Gasteiger partial charge in [0.05, 0.1) is 11.4 Å². The standard InChI is InChI=1S/C35H33N11O6S3/c1-43(23-10-3-7-20(15-23)30(47)37-22-9-5-13-26(17-22)46-35(55)40-41-42-46)28(31(48)49)29(32(50)51)44(2)24-11-6-14-27(18-24)52-19-36-21-8-4-12-25(16-21)45-33(53)38-39-34(45)54/h3-18,28-29,36H,19H2,1-2H3,(H,37,47)(H,38,53)(H,39,54)(H,48,49)(H,50,51)(H,40,42,55). The fourth-order valence-electron chi connectivity index (χ4n) is 5.80. The molecule has 20 heteroatoms. The molecule has 0 saturated heterocycles. The van der Waals surface area contributed by atoms with Crippen LogP contribution >= 0.6 is 36.7 Å². The minimum Gasteiger partial charge on any atom is -0.480 e. The van der Waals surface area contributed by atoms with E-state index >= 15 is 0 Å². The molecule has 2 heterocycles. The number of aliphatic carboxylic acids is 2. The first kappa shape index (κ1) is 38.1. The number of carboxylic acids is 2. The molecule has 6 rings (SSSR count). The van der Waals surface area contributed by atoms with Crippen LogP contribution in [0.3, 0.4) is 0 Å². The Morgan fingerprint density at radius 2 is 1.36 bits per heavy atom. The van der Waals surface area contributed by atoms with Gasteiger partial charge in [0.2, 0.25) is 4.77 Å². The zero-order valence-corrected chi connectivity index (χ0v) is 31.5. The Labute approximate surface area is 327 Å². The lowest BCUT2D eigenvalue weighted by molar-refractivity contribution is -0.146. The largest absolute Gasteiger partial charge is 0.480 e. The summed E-state index contributed by atoms with van der Waals surface area (Å²) in [7, 11) is 2.95. The number of hydrogen-bond donors (Lipinski definition) is 7. The van der Waals surface area contributed by atoms with Crippen molar-refractivity contribution in [2.24, 2.45) is 0 Å². The Morgan fingerprint density at radius 1 is 0.782 bits per heavy atom. The molecule has 0 aliphatic heterocycles. The van der Waals surface area contributed by atoms with Gasteiger partial charge in [-0.1, -0.05) is 34.6 Å². The lowest BCUT2D eigenvalue weighted by atomic mass is 10.0. The summed E-state index contributed by atoms with van der Waals surface area (Å²) in [5.74, 6) is -2.84. The number of ether oxygens (including phenoxy) is 1. The predicted molar refractivity (Wildman–Crippen MR) is 212 cm³/mol. The van der Waals surface area contributed by atoms with Crippen LogP contribution in [-0.2, 0) is 9.59 Å². The van der Waals surface area contributed by atoms with Crippen LogP contribution in [0.1, 0.15) is 10.4 Å². The first-order valence-corrected chi connectivity index (χ1v) is 17.5. The number of hydrogen-bond acceptors (Lipinski definition) is 12. The number of nitrogens with one attached hydrogen (secondary N) is 5. The minimum absolute atomic E-state index is 0.0520. The fraction of sp³-hybridized carbons (Fsp3) is 0.143. The monoisotopic (exact) mass is 799 g/mol. The second kappa shape index (κ2) is 16.6. The van der Waals surface area contributed by atoms with E-state index in [-0.39, 0.29) is 17.1 Å². The van der Waals surface area contributed by atoms with Gasteiger partial charge in [-0.25, -0.2) is 14.3 Å². The number of carboxylic acid groups (broad SMARTS) is 2. The molecule has 282 valence electrons. The molecule has 4 aromatic carbocycles. The van der Waals surface area contributed by atoms with E-state index in [1.165, 1.54) is 34.6 Å². The van der Waals surface area contributed by atoms with Crippen molar-refractivity contribution in [2.75, 3.05) is 41.3 Å². The molecular formula is C35H33N11O6S3. The summed E-state index contributed by atoms with van der Waals surface area (Å²) in [5, 5.41) is 42.5. The van der Waals surface area contributed by atoms with E-state index in [1.54, 1.807) is 71.3 Å². The summed E-state index contributed by atoms with van der Waals surface area (Å²) in [5.41, 5.74) is 3.42. The van der Waals surface area contributed by atoms with Crippen LogP contribution in [0, 0.1) is 14.3 Å². The molecule has 1 amide bonds. The summed E-state index contributed by atoms with van der Waals surface area (Å²) in [6.07, 6.45) is 0. The van der Waals surface area contributed by atoms with Gasteiger partial charge in [-0.2, -0.15) is 5.21 Å². The highest BCUT2D eigenvalue weighted by atomic mass is 32.1. The van der Waals surface area contributed by atoms with Crippen LogP contribution in [0.2, 0.25) is 0 Å². The Morgan fingerprint density at radius 3 is 2.00 bits per heavy atom. The number of aromatic nitrogens is 7. The van der Waals surface area contributed by atoms with E-state index in [1.807, 2.05) is 24.3 Å². The molecule has 17 nitrogen and oxygen atoms in total. The minimum atomic E-state index is -1.59. The van der Waals surface area contributed by atoms with Gasteiger partial charge >= 0.3 is 11.9 Å². The summed E-state index contributed by atoms with van der Waals surface area (Å²) < 4.78 is 10.1. The molecule has 0 spiro atoms. The lowest BCUT2D eigenvalue weighted by Crippen LogP contribution is -2.57. The number of rotatable bonds is 15. The zero-order chi connectivity index (χ0) is 39.2. The Kier molecular flexibility index (Phi) is 11.5. The normalized spacial score (nSPS) is 12.0. The van der Waals surface area contributed by atoms with E-state index < -0.39 is 29.9 Å². The highest BCUT2D eigenvalue weighted by molar-refractivity contribution is 7.72. The smallest absolute Gasteiger partial charge is 0.329 e. The molecule has 2 aromatic heterocycles. The number of carbonyl (C=O) groups excluding carboxylic acids is 1. The van der Waals surface area contributed by atoms with Crippen molar-refractivity contribution in [3.8, 4) is 17.1 Å². The van der Waals surface area contributed by atoms with Crippen molar-refractivity contribution in [3.05, 3.63) is 117 Å². The SMILES string of the molecule is CN(c1cccc(OCNc2cccc(-n3c(=S)[nH][nH]c3=S)c2)c1)C(C(=O)O)C(C(=O)O)N(C)c1cccc(C(=O)Nc2cccc(-n3[nH]nnc3=S)c2)c1. The third-order valence-electron chi connectivity index (χ3n) is 8.52. The molecule has 2 atom stereocenters. The maximum atomic E-state index is 13.3. The van der Waals surface area contributed by atoms with E-state index in [9.17, 15) is 24.6 Å². The van der Waals surface area contributed by atoms with Crippen molar-refractivity contribution in [1.29, 1.82) is 0 Å². The van der Waals surface area contributed by atoms with E-state index in [4.69, 9.17) is 41.4 Å². The van der Waals surface area contributed by atoms with Crippen molar-refractivity contribution >= 4 is 77.2 Å². The number of aromatic amines is 3. The van der Waals surface area contributed by atoms with Crippen molar-refractivity contribution in [3.63, 3.8) is 0 Å². The van der Waals surface area contributed by atoms with E-state index in [0.717, 1.165) is 11.4 Å². The summed E-state index contributed by atoms with van der Waals surface area (Å²) in [4.78, 5) is 41.6. The Hall–Kier alpha value is -6.64. The summed E-state index contributed by atoms with van der Waals surface area (Å²) in [6, 6.07) is 23.9. The summed E-state index contributed by atoms with van der Waals surface area (Å²) in [6.45, 7) is 0.0520. The predicted octanol–water partition coefficient (Wildman–Crippen LogP) is 5.41. The highest BCUT2D eigenvalue weighted by Crippen LogP contribution is 2.27. The number of benzene rings is 4. The number of anilines is 4. The lowest BCUT2D eigenvalue weighted by Gasteiger charge is -2.36. The average Bonchev–Trinajstić information content (AvgIpc) is 3.76. The van der Waals surface area contributed by atoms with Crippen LogP contribution in [0.15, 0.2) is 97.1 Å². The van der Waals surface area contributed by atoms with Gasteiger partial charge in [-0.15, -0.1) is 0 Å². The zero-order valence-electron chi connectivity index (χ0n) is 29.0. The number of H-pyrrole nitrogens is 3. The quantitative estimate of drug-likeness (QED) is 0.0511. The van der Waals surface area contributed by atoms with Gasteiger partial charge < -0.3 is 35.4 Å². The van der Waals surface area contributed by atoms with Gasteiger partial charge in [0.15, 0.2) is 28.4 Å². The first-order valence-electron chi connectivity index (χ1n) is 16.3. The van der Waals surface area contributed by atoms with Crippen LogP contribution < -0.4 is 25.2 Å². The third-order valence-corrected chi connectivity index (χ3v) is 9.35. The Balaban J connectivity index is 1.16. The second-order valence-electron chi connectivity index (χ2n) is 12.0. The van der Waals surface area contributed by atoms with Gasteiger partial charge in [0.1, 0.15) is 5.75 Å². The summed E-state index contributed by atoms with van der Waals surface area (Å²) >= 11 is 15.8. The van der Waals surface area contributed by atoms with Crippen LogP contribution in [0.4, 0.5) is 22.7 Å². The number of nitrogens with zero attached hydrogens (tertiary/aromatic N) is 6. The molecule has 0 aliphatic carbocycles. The molecule has 55 heavy (non-hydrogen) atoms. The van der Waals surface area contributed by atoms with E-state index in [2.05, 4.69) is 36.4 Å². The van der Waals surface area contributed by atoms with Crippen molar-refractivity contribution < 1.29 is 29.3 Å². The van der Waals surface area contributed by atoms with Crippen molar-refractivity contribution in [2.45, 2.75) is 12.1 Å². The molecule has 0 saturated carbocycles. The molecular weight excluding hydrogens is 767 g/mol. The topological polar surface area (TPSA) is 214 Å². The van der Waals surface area contributed by atoms with Gasteiger partial charge in [0.25, 0.3) is 5.91 Å². The van der Waals surface area contributed by atoms with Crippen LogP contribution in [0.5, 0.6) is 5.75 Å². The number of likely N-dealkylation sites (N-methyl/N-ethyl adjacent to an activating group) is 2. The van der Waals surface area contributed by atoms with Crippen molar-refractivity contribution in [1.82, 2.24) is 35.0 Å². The maximum absolute atomic E-state index is 13.3. The third kappa shape index (κ3) is 8.61. The van der Waals surface area contributed by atoms with Gasteiger partial charge in [-0.05, 0) is 103 Å². The molecule has 6 aromatic rings. The molecule has 0 bridgehead atoms. The molecule has 0 radical (unpaired) electrons. The maximum Gasteiger partial charge on any atom is 0.329 e. The van der Waals surface area contributed by atoms with Crippen LogP contribution in [-0.4, -0.2) is 95.9 Å².